The van der Waals surface area contributed by atoms with Crippen molar-refractivity contribution in [2.45, 2.75) is 84.1 Å². The Bertz CT molecular complexity index is 1720. The molecule has 3 fully saturated rings. The van der Waals surface area contributed by atoms with Crippen molar-refractivity contribution in [3.05, 3.63) is 35.4 Å². The number of unbranched alkanes of at least 4 members (excludes halogenated alkanes) is 1. The Kier molecular flexibility index (Phi) is 13.2. The van der Waals surface area contributed by atoms with Crippen LogP contribution in [0.3, 0.4) is 0 Å². The quantitative estimate of drug-likeness (QED) is 0.116. The lowest BCUT2D eigenvalue weighted by Crippen LogP contribution is -2.43. The maximum atomic E-state index is 16.4. The summed E-state index contributed by atoms with van der Waals surface area (Å²) in [5, 5.41) is 8.61. The molecule has 1 saturated carbocycles. The van der Waals surface area contributed by atoms with Crippen LogP contribution in [0.4, 0.5) is 10.2 Å². The molecule has 0 spiro atoms. The van der Waals surface area contributed by atoms with Crippen LogP contribution in [0.5, 0.6) is 6.01 Å². The SMILES string of the molecule is CC(=O)OCCCCN(C)c1nc(OCC23CCCN2CCC3)nc2c(F)c(-c3cc(Cl)cc4[nH]ncc34)ncc12.CCC.COCC1CC1. The summed E-state index contributed by atoms with van der Waals surface area (Å²) in [6.07, 6.45) is 13.2. The number of esters is 1. The van der Waals surface area contributed by atoms with E-state index in [-0.39, 0.29) is 28.7 Å². The highest BCUT2D eigenvalue weighted by Gasteiger charge is 2.45. The molecule has 5 heterocycles. The average molecular weight is 712 g/mol. The first-order valence-corrected chi connectivity index (χ1v) is 18.3. The normalized spacial score (nSPS) is 16.4. The van der Waals surface area contributed by atoms with Gasteiger partial charge in [0.15, 0.2) is 5.82 Å². The third kappa shape index (κ3) is 9.18. The van der Waals surface area contributed by atoms with Crippen molar-refractivity contribution in [2.24, 2.45) is 5.92 Å². The predicted octanol–water partition coefficient (Wildman–Crippen LogP) is 7.61. The highest BCUT2D eigenvalue weighted by atomic mass is 35.5. The van der Waals surface area contributed by atoms with Gasteiger partial charge in [-0.15, -0.1) is 0 Å². The number of anilines is 1. The monoisotopic (exact) mass is 711 g/mol. The molecule has 4 aromatic rings. The molecule has 11 nitrogen and oxygen atoms in total. The number of H-pyrrole nitrogens is 1. The van der Waals surface area contributed by atoms with E-state index < -0.39 is 5.82 Å². The number of fused-ring (bicyclic) bond motifs is 3. The smallest absolute Gasteiger partial charge is 0.319 e. The number of carbonyl (C=O) groups is 1. The zero-order valence-corrected chi connectivity index (χ0v) is 30.8. The van der Waals surface area contributed by atoms with Gasteiger partial charge in [-0.1, -0.05) is 31.9 Å². The van der Waals surface area contributed by atoms with Crippen molar-refractivity contribution in [2.75, 3.05) is 58.5 Å². The number of hydrogen-bond acceptors (Lipinski definition) is 10. The molecule has 1 aliphatic carbocycles. The van der Waals surface area contributed by atoms with Gasteiger partial charge in [-0.2, -0.15) is 15.1 Å². The summed E-state index contributed by atoms with van der Waals surface area (Å²) < 4.78 is 32.6. The number of rotatable bonds is 12. The second-order valence-corrected chi connectivity index (χ2v) is 14.0. The van der Waals surface area contributed by atoms with Gasteiger partial charge in [-0.05, 0) is 82.5 Å². The predicted molar refractivity (Wildman–Crippen MR) is 195 cm³/mol. The largest absolute Gasteiger partial charge is 0.466 e. The second kappa shape index (κ2) is 17.5. The van der Waals surface area contributed by atoms with E-state index >= 15 is 4.39 Å². The van der Waals surface area contributed by atoms with Crippen LogP contribution in [0.15, 0.2) is 24.5 Å². The van der Waals surface area contributed by atoms with Crippen LogP contribution in [0.1, 0.15) is 78.6 Å². The minimum absolute atomic E-state index is 0.00325. The lowest BCUT2D eigenvalue weighted by Gasteiger charge is -2.31. The maximum Gasteiger partial charge on any atom is 0.319 e. The molecule has 13 heteroatoms. The number of aromatic nitrogens is 5. The molecule has 50 heavy (non-hydrogen) atoms. The van der Waals surface area contributed by atoms with Gasteiger partial charge < -0.3 is 19.1 Å². The van der Waals surface area contributed by atoms with Crippen molar-refractivity contribution in [3.8, 4) is 17.3 Å². The van der Waals surface area contributed by atoms with E-state index in [2.05, 4.69) is 38.9 Å². The Hall–Kier alpha value is -3.61. The van der Waals surface area contributed by atoms with E-state index in [1.165, 1.54) is 26.2 Å². The molecule has 2 saturated heterocycles. The average Bonchev–Trinajstić information content (AvgIpc) is 3.44. The summed E-state index contributed by atoms with van der Waals surface area (Å²) in [7, 11) is 3.65. The van der Waals surface area contributed by atoms with E-state index in [1.807, 2.05) is 11.9 Å². The molecule has 0 bridgehead atoms. The number of pyridine rings is 1. The molecule has 1 aromatic carbocycles. The lowest BCUT2D eigenvalue weighted by molar-refractivity contribution is -0.141. The topological polar surface area (TPSA) is 119 Å². The van der Waals surface area contributed by atoms with Crippen LogP contribution < -0.4 is 9.64 Å². The Morgan fingerprint density at radius 2 is 1.86 bits per heavy atom. The van der Waals surface area contributed by atoms with E-state index in [9.17, 15) is 4.79 Å². The molecule has 3 aromatic heterocycles. The van der Waals surface area contributed by atoms with E-state index in [4.69, 9.17) is 30.8 Å². The van der Waals surface area contributed by atoms with Gasteiger partial charge in [0.25, 0.3) is 0 Å². The number of ether oxygens (including phenoxy) is 3. The molecule has 3 aliphatic rings. The minimum Gasteiger partial charge on any atom is -0.466 e. The lowest BCUT2D eigenvalue weighted by atomic mass is 9.95. The highest BCUT2D eigenvalue weighted by molar-refractivity contribution is 6.31. The first-order chi connectivity index (χ1) is 24.2. The molecular formula is C37H51ClFN7O4. The zero-order valence-electron chi connectivity index (χ0n) is 30.1. The number of halogens is 2. The molecule has 7 rings (SSSR count). The van der Waals surface area contributed by atoms with Crippen molar-refractivity contribution in [1.82, 2.24) is 30.0 Å². The van der Waals surface area contributed by atoms with E-state index in [0.29, 0.717) is 58.9 Å². The van der Waals surface area contributed by atoms with Crippen molar-refractivity contribution >= 4 is 45.2 Å². The van der Waals surface area contributed by atoms with Crippen LogP contribution >= 0.6 is 11.6 Å². The number of methoxy groups -OCH3 is 1. The van der Waals surface area contributed by atoms with Gasteiger partial charge in [0.2, 0.25) is 0 Å². The third-order valence-electron chi connectivity index (χ3n) is 9.36. The summed E-state index contributed by atoms with van der Waals surface area (Å²) in [6.45, 7) is 10.2. The molecule has 0 atom stereocenters. The Labute approximate surface area is 299 Å². The minimum atomic E-state index is -0.578. The van der Waals surface area contributed by atoms with Crippen molar-refractivity contribution < 1.29 is 23.4 Å². The highest BCUT2D eigenvalue weighted by Crippen LogP contribution is 2.40. The standard InChI is InChI=1S/C29H33ClFN7O3.C5H10O.C3H8/c1-18(39)40-12-4-3-9-37(2)27-22-15-32-25(20-13-19(30)14-23-21(20)16-33-36-23)24(31)26(22)34-28(35-27)41-17-29-7-5-10-38(29)11-6-8-29;1-6-4-5-2-3-5;1-3-2/h13-16H,3-12,17H2,1-2H3,(H,33,36);5H,2-4H2,1H3;3H2,1-2H3. The number of nitrogens with zero attached hydrogens (tertiary/aromatic N) is 6. The molecule has 272 valence electrons. The number of carbonyl (C=O) groups excluding carboxylic acids is 1. The molecule has 2 aliphatic heterocycles. The summed E-state index contributed by atoms with van der Waals surface area (Å²) in [4.78, 5) is 29.4. The van der Waals surface area contributed by atoms with Gasteiger partial charge in [0, 0.05) is 56.4 Å². The summed E-state index contributed by atoms with van der Waals surface area (Å²) >= 11 is 6.35. The fraction of sp³-hybridized carbons (Fsp3) is 0.595. The summed E-state index contributed by atoms with van der Waals surface area (Å²) in [5.74, 6) is 0.581. The Balaban J connectivity index is 0.000000476. The van der Waals surface area contributed by atoms with Gasteiger partial charge >= 0.3 is 12.0 Å². The Morgan fingerprint density at radius 1 is 1.12 bits per heavy atom. The third-order valence-corrected chi connectivity index (χ3v) is 9.58. The van der Waals surface area contributed by atoms with Crippen LogP contribution in [0.25, 0.3) is 33.1 Å². The van der Waals surface area contributed by atoms with Crippen molar-refractivity contribution in [3.63, 3.8) is 0 Å². The van der Waals surface area contributed by atoms with E-state index in [0.717, 1.165) is 57.7 Å². The van der Waals surface area contributed by atoms with Gasteiger partial charge in [0.05, 0.1) is 29.2 Å². The number of benzene rings is 1. The summed E-state index contributed by atoms with van der Waals surface area (Å²) in [5.41, 5.74) is 1.46. The fourth-order valence-corrected chi connectivity index (χ4v) is 6.95. The van der Waals surface area contributed by atoms with Crippen LogP contribution in [0.2, 0.25) is 5.02 Å². The van der Waals surface area contributed by atoms with Gasteiger partial charge in [0.1, 0.15) is 23.6 Å². The molecule has 0 amide bonds. The molecule has 1 N–H and O–H groups in total. The van der Waals surface area contributed by atoms with Crippen LogP contribution in [0, 0.1) is 11.7 Å². The fourth-order valence-electron chi connectivity index (χ4n) is 6.73. The summed E-state index contributed by atoms with van der Waals surface area (Å²) in [6, 6.07) is 3.56. The number of hydrogen-bond donors (Lipinski definition) is 1. The molecule has 0 radical (unpaired) electrons. The molecular weight excluding hydrogens is 661 g/mol. The van der Waals surface area contributed by atoms with Crippen molar-refractivity contribution in [1.29, 1.82) is 0 Å². The van der Waals surface area contributed by atoms with Crippen LogP contribution in [-0.2, 0) is 14.3 Å². The number of nitrogens with one attached hydrogen (secondary N) is 1. The van der Waals surface area contributed by atoms with Gasteiger partial charge in [-0.3, -0.25) is 19.8 Å². The first kappa shape index (κ1) is 37.6. The van der Waals surface area contributed by atoms with E-state index in [1.54, 1.807) is 31.6 Å². The van der Waals surface area contributed by atoms with Crippen LogP contribution in [-0.4, -0.2) is 95.2 Å². The Morgan fingerprint density at radius 3 is 2.52 bits per heavy atom. The molecule has 0 unspecified atom stereocenters. The second-order valence-electron chi connectivity index (χ2n) is 13.6. The first-order valence-electron chi connectivity index (χ1n) is 17.9. The number of aromatic amines is 1. The zero-order chi connectivity index (χ0) is 35.7. The van der Waals surface area contributed by atoms with Gasteiger partial charge in [-0.25, -0.2) is 4.39 Å². The maximum absolute atomic E-state index is 16.4.